The van der Waals surface area contributed by atoms with Crippen LogP contribution in [-0.2, 0) is 0 Å². The fourth-order valence-electron chi connectivity index (χ4n) is 7.29. The van der Waals surface area contributed by atoms with Gasteiger partial charge in [-0.1, -0.05) is 121 Å². The Hall–Kier alpha value is -6.45. The van der Waals surface area contributed by atoms with Gasteiger partial charge in [0.2, 0.25) is 0 Å². The van der Waals surface area contributed by atoms with Gasteiger partial charge in [0.25, 0.3) is 0 Å². The van der Waals surface area contributed by atoms with Crippen LogP contribution in [-0.4, -0.2) is 9.97 Å². The number of hydrogen-bond donors (Lipinski definition) is 0. The summed E-state index contributed by atoms with van der Waals surface area (Å²) in [5, 5.41) is 15.1. The SMILES string of the molecule is N#Cc1ccccc1-c1cc(-c2cc(-c3cccc4c3sc3ccccc34)cc(-c3cccc4c3sc3ccccc34)c2)nc(-c2ccccc2)n1. The molecule has 5 heteroatoms. The standard InChI is InChI=1S/C47H27N3S2/c48-28-30-14-4-5-15-34(30)42-27-41(49-47(50-42)29-12-2-1-3-13-29)33-25-31(35-18-10-20-39-37-16-6-8-22-43(37)51-45(35)39)24-32(26-33)36-19-11-21-40-38-17-7-9-23-44(38)52-46(36)40/h1-27H. The molecule has 0 N–H and O–H groups in total. The predicted octanol–water partition coefficient (Wildman–Crippen LogP) is 13.4. The Labute approximate surface area is 308 Å². The zero-order chi connectivity index (χ0) is 34.6. The molecule has 0 bridgehead atoms. The molecule has 10 rings (SSSR count). The molecule has 0 spiro atoms. The van der Waals surface area contributed by atoms with E-state index in [0.29, 0.717) is 17.1 Å². The Balaban J connectivity index is 1.27. The first-order valence-corrected chi connectivity index (χ1v) is 18.8. The summed E-state index contributed by atoms with van der Waals surface area (Å²) in [7, 11) is 0. The van der Waals surface area contributed by atoms with Crippen molar-refractivity contribution in [3.63, 3.8) is 0 Å². The second kappa shape index (κ2) is 12.4. The molecule has 0 saturated carbocycles. The van der Waals surface area contributed by atoms with Crippen molar-refractivity contribution in [1.29, 1.82) is 5.26 Å². The highest BCUT2D eigenvalue weighted by atomic mass is 32.1. The second-order valence-electron chi connectivity index (χ2n) is 12.8. The van der Waals surface area contributed by atoms with Crippen LogP contribution in [0.3, 0.4) is 0 Å². The molecular weight excluding hydrogens is 671 g/mol. The highest BCUT2D eigenvalue weighted by Gasteiger charge is 2.18. The van der Waals surface area contributed by atoms with Crippen molar-refractivity contribution in [3.8, 4) is 62.2 Å². The van der Waals surface area contributed by atoms with Gasteiger partial charge in [0.05, 0.1) is 23.0 Å². The number of hydrogen-bond acceptors (Lipinski definition) is 5. The fraction of sp³-hybridized carbons (Fsp3) is 0. The minimum atomic E-state index is 0.577. The summed E-state index contributed by atoms with van der Waals surface area (Å²) in [5.41, 5.74) is 9.41. The molecule has 0 unspecified atom stereocenters. The number of aromatic nitrogens is 2. The average molecular weight is 698 g/mol. The first kappa shape index (κ1) is 30.4. The molecule has 242 valence electrons. The van der Waals surface area contributed by atoms with E-state index in [1.54, 1.807) is 0 Å². The molecule has 3 aromatic heterocycles. The molecule has 0 atom stereocenters. The van der Waals surface area contributed by atoms with Gasteiger partial charge in [0, 0.05) is 57.0 Å². The number of rotatable bonds is 5. The first-order chi connectivity index (χ1) is 25.7. The summed E-state index contributed by atoms with van der Waals surface area (Å²) in [6, 6.07) is 59.6. The van der Waals surface area contributed by atoms with Crippen molar-refractivity contribution in [3.05, 3.63) is 169 Å². The Morgan fingerprint density at radius 3 is 1.54 bits per heavy atom. The van der Waals surface area contributed by atoms with Crippen LogP contribution in [0.5, 0.6) is 0 Å². The van der Waals surface area contributed by atoms with Gasteiger partial charge in [-0.3, -0.25) is 0 Å². The highest BCUT2D eigenvalue weighted by Crippen LogP contribution is 2.45. The zero-order valence-corrected chi connectivity index (χ0v) is 29.4. The highest BCUT2D eigenvalue weighted by molar-refractivity contribution is 7.26. The van der Waals surface area contributed by atoms with E-state index >= 15 is 0 Å². The lowest BCUT2D eigenvalue weighted by molar-refractivity contribution is 1.18. The van der Waals surface area contributed by atoms with Crippen LogP contribution in [0.15, 0.2) is 164 Å². The van der Waals surface area contributed by atoms with Gasteiger partial charge in [-0.05, 0) is 64.7 Å². The van der Waals surface area contributed by atoms with E-state index in [1.165, 1.54) is 51.5 Å². The summed E-state index contributed by atoms with van der Waals surface area (Å²) >= 11 is 3.68. The smallest absolute Gasteiger partial charge is 0.160 e. The molecule has 3 nitrogen and oxygen atoms in total. The number of thiophene rings is 2. The molecule has 0 radical (unpaired) electrons. The third-order valence-electron chi connectivity index (χ3n) is 9.74. The van der Waals surface area contributed by atoms with Crippen LogP contribution >= 0.6 is 22.7 Å². The van der Waals surface area contributed by atoms with Crippen molar-refractivity contribution >= 4 is 63.0 Å². The molecule has 0 aliphatic rings. The normalized spacial score (nSPS) is 11.4. The van der Waals surface area contributed by atoms with Crippen LogP contribution in [0.4, 0.5) is 0 Å². The van der Waals surface area contributed by atoms with Crippen LogP contribution in [0.1, 0.15) is 5.56 Å². The van der Waals surface area contributed by atoms with Crippen molar-refractivity contribution in [2.75, 3.05) is 0 Å². The summed E-state index contributed by atoms with van der Waals surface area (Å²) in [4.78, 5) is 10.3. The van der Waals surface area contributed by atoms with Crippen LogP contribution in [0, 0.1) is 11.3 Å². The molecule has 0 amide bonds. The maximum Gasteiger partial charge on any atom is 0.160 e. The molecule has 3 heterocycles. The van der Waals surface area contributed by atoms with Gasteiger partial charge < -0.3 is 0 Å². The lowest BCUT2D eigenvalue weighted by Gasteiger charge is -2.14. The summed E-state index contributed by atoms with van der Waals surface area (Å²) in [6.07, 6.45) is 0. The van der Waals surface area contributed by atoms with E-state index in [1.807, 2.05) is 83.3 Å². The third kappa shape index (κ3) is 5.08. The minimum Gasteiger partial charge on any atom is -0.228 e. The number of benzene rings is 7. The van der Waals surface area contributed by atoms with E-state index in [9.17, 15) is 5.26 Å². The molecule has 52 heavy (non-hydrogen) atoms. The van der Waals surface area contributed by atoms with E-state index < -0.39 is 0 Å². The molecule has 0 fully saturated rings. The fourth-order valence-corrected chi connectivity index (χ4v) is 9.77. The monoisotopic (exact) mass is 697 g/mol. The largest absolute Gasteiger partial charge is 0.228 e. The third-order valence-corrected chi connectivity index (χ3v) is 12.2. The van der Waals surface area contributed by atoms with E-state index in [4.69, 9.17) is 9.97 Å². The van der Waals surface area contributed by atoms with Gasteiger partial charge in [-0.15, -0.1) is 22.7 Å². The number of nitriles is 1. The maximum atomic E-state index is 10.1. The molecule has 10 aromatic rings. The molecule has 0 saturated heterocycles. The van der Waals surface area contributed by atoms with Crippen molar-refractivity contribution in [2.45, 2.75) is 0 Å². The minimum absolute atomic E-state index is 0.577. The van der Waals surface area contributed by atoms with Gasteiger partial charge in [-0.25, -0.2) is 9.97 Å². The zero-order valence-electron chi connectivity index (χ0n) is 27.7. The molecule has 0 aliphatic heterocycles. The molecule has 0 aliphatic carbocycles. The molecule has 7 aromatic carbocycles. The van der Waals surface area contributed by atoms with Crippen molar-refractivity contribution in [2.24, 2.45) is 0 Å². The van der Waals surface area contributed by atoms with Gasteiger partial charge >= 0.3 is 0 Å². The Morgan fingerprint density at radius 2 is 0.904 bits per heavy atom. The summed E-state index contributed by atoms with van der Waals surface area (Å²) in [6.45, 7) is 0. The predicted molar refractivity (Wildman–Crippen MR) is 220 cm³/mol. The lowest BCUT2D eigenvalue weighted by atomic mass is 9.93. The van der Waals surface area contributed by atoms with Gasteiger partial charge in [0.15, 0.2) is 5.82 Å². The number of fused-ring (bicyclic) bond motifs is 6. The average Bonchev–Trinajstić information content (AvgIpc) is 3.79. The van der Waals surface area contributed by atoms with Crippen molar-refractivity contribution < 1.29 is 0 Å². The maximum absolute atomic E-state index is 10.1. The Bertz CT molecular complexity index is 2910. The van der Waals surface area contributed by atoms with E-state index in [0.717, 1.165) is 33.5 Å². The Morgan fingerprint density at radius 1 is 0.404 bits per heavy atom. The lowest BCUT2D eigenvalue weighted by Crippen LogP contribution is -1.97. The second-order valence-corrected chi connectivity index (χ2v) is 14.9. The van der Waals surface area contributed by atoms with E-state index in [-0.39, 0.29) is 0 Å². The van der Waals surface area contributed by atoms with Crippen LogP contribution in [0.2, 0.25) is 0 Å². The van der Waals surface area contributed by atoms with Crippen LogP contribution in [0.25, 0.3) is 96.5 Å². The number of nitrogens with zero attached hydrogens (tertiary/aromatic N) is 3. The molecular formula is C47H27N3S2. The van der Waals surface area contributed by atoms with E-state index in [2.05, 4.69) is 109 Å². The van der Waals surface area contributed by atoms with Gasteiger partial charge in [-0.2, -0.15) is 5.26 Å². The quantitative estimate of drug-likeness (QED) is 0.180. The summed E-state index contributed by atoms with van der Waals surface area (Å²) < 4.78 is 5.09. The first-order valence-electron chi connectivity index (χ1n) is 17.1. The summed E-state index contributed by atoms with van der Waals surface area (Å²) in [5.74, 6) is 0.617. The van der Waals surface area contributed by atoms with Crippen molar-refractivity contribution in [1.82, 2.24) is 9.97 Å². The van der Waals surface area contributed by atoms with Gasteiger partial charge in [0.1, 0.15) is 0 Å². The Kier molecular flexibility index (Phi) is 7.24. The van der Waals surface area contributed by atoms with Crippen LogP contribution < -0.4 is 0 Å². The topological polar surface area (TPSA) is 49.6 Å².